The molecule has 4 aromatic carbocycles. The van der Waals surface area contributed by atoms with E-state index in [9.17, 15) is 25.9 Å². The summed E-state index contributed by atoms with van der Waals surface area (Å²) in [7, 11) is -9.10. The fourth-order valence-electron chi connectivity index (χ4n) is 8.44. The summed E-state index contributed by atoms with van der Waals surface area (Å²) in [6.07, 6.45) is 21.8. The van der Waals surface area contributed by atoms with Crippen LogP contribution in [0.1, 0.15) is 141 Å². The Bertz CT molecular complexity index is 1960. The summed E-state index contributed by atoms with van der Waals surface area (Å²) >= 11 is 0. The third-order valence-corrected chi connectivity index (χ3v) is 13.3. The number of rotatable bonds is 24. The van der Waals surface area contributed by atoms with Gasteiger partial charge in [-0.3, -0.25) is 0 Å². The molecule has 0 aromatic heterocycles. The summed E-state index contributed by atoms with van der Waals surface area (Å²) in [4.78, 5) is 3.83. The molecular weight excluding hydrogens is 833 g/mol. The topological polar surface area (TPSA) is 145 Å². The Morgan fingerprint density at radius 2 is 0.787 bits per heavy atom. The van der Waals surface area contributed by atoms with E-state index in [-0.39, 0.29) is 59.9 Å². The SMILES string of the molecule is CCCCCCCCCCC1Nc2cccc(S(=O)(=O)[O-])c2N1Cc1ccccc1.CCCCCCCCCCC1Nc2cccc(S(=O)(=O)[O-])c2N1Cc1ccccc1.[Ca+2]. The van der Waals surface area contributed by atoms with E-state index in [2.05, 4.69) is 34.3 Å². The Morgan fingerprint density at radius 3 is 1.11 bits per heavy atom. The van der Waals surface area contributed by atoms with Gasteiger partial charge in [-0.25, -0.2) is 16.8 Å². The van der Waals surface area contributed by atoms with Gasteiger partial charge < -0.3 is 29.5 Å². The normalized spacial score (nSPS) is 15.5. The molecule has 2 aliphatic rings. The van der Waals surface area contributed by atoms with E-state index in [1.54, 1.807) is 12.1 Å². The Balaban J connectivity index is 0.000000264. The number of benzene rings is 4. The van der Waals surface area contributed by atoms with Gasteiger partial charge in [0.2, 0.25) is 0 Å². The van der Waals surface area contributed by atoms with Crippen LogP contribution in [0, 0.1) is 0 Å². The molecule has 0 spiro atoms. The molecule has 4 aromatic rings. The number of nitrogens with zero attached hydrogens (tertiary/aromatic N) is 2. The molecule has 0 fully saturated rings. The smallest absolute Gasteiger partial charge is 0.744 e. The Morgan fingerprint density at radius 1 is 0.459 bits per heavy atom. The first kappa shape index (κ1) is 50.8. The molecule has 2 heterocycles. The molecule has 0 aliphatic carbocycles. The van der Waals surface area contributed by atoms with Gasteiger partial charge in [0, 0.05) is 13.1 Å². The third kappa shape index (κ3) is 15.7. The third-order valence-electron chi connectivity index (χ3n) is 11.6. The van der Waals surface area contributed by atoms with E-state index in [4.69, 9.17) is 0 Å². The van der Waals surface area contributed by atoms with E-state index >= 15 is 0 Å². The number of unbranched alkanes of at least 4 members (excludes halogenated alkanes) is 14. The van der Waals surface area contributed by atoms with Gasteiger partial charge in [0.15, 0.2) is 0 Å². The minimum Gasteiger partial charge on any atom is -0.744 e. The van der Waals surface area contributed by atoms with Crippen LogP contribution in [0.4, 0.5) is 22.7 Å². The maximum atomic E-state index is 11.9. The molecule has 6 rings (SSSR count). The van der Waals surface area contributed by atoms with Crippen molar-refractivity contribution in [3.63, 3.8) is 0 Å². The zero-order valence-electron chi connectivity index (χ0n) is 36.4. The molecule has 2 aliphatic heterocycles. The molecule has 0 amide bonds. The van der Waals surface area contributed by atoms with Crippen molar-refractivity contribution in [2.75, 3.05) is 20.4 Å². The molecule has 0 radical (unpaired) electrons. The minimum atomic E-state index is -4.55. The molecule has 0 saturated heterocycles. The van der Waals surface area contributed by atoms with Crippen molar-refractivity contribution in [1.29, 1.82) is 0 Å². The second-order valence-corrected chi connectivity index (χ2v) is 19.0. The van der Waals surface area contributed by atoms with Crippen molar-refractivity contribution in [2.24, 2.45) is 0 Å². The standard InChI is InChI=1S/2C24H34N2O3S.Ca/c2*1-2-3-4-5-6-7-8-12-18-23-25-21-16-13-17-22(30(27,28)29)24(21)26(23)19-20-14-10-9-11-15-20;/h2*9-11,13-17,23,25H,2-8,12,18-19H2,1H3,(H,27,28,29);/q;;+2/p-2. The maximum Gasteiger partial charge on any atom is 2.00 e. The second kappa shape index (κ2) is 26.1. The van der Waals surface area contributed by atoms with Gasteiger partial charge in [-0.05, 0) is 61.1 Å². The van der Waals surface area contributed by atoms with E-state index in [1.807, 2.05) is 72.8 Å². The van der Waals surface area contributed by atoms with Crippen LogP contribution in [0.5, 0.6) is 0 Å². The van der Waals surface area contributed by atoms with Crippen LogP contribution in [-0.4, -0.2) is 76.0 Å². The van der Waals surface area contributed by atoms with Crippen molar-refractivity contribution >= 4 is 80.7 Å². The predicted molar refractivity (Wildman–Crippen MR) is 249 cm³/mol. The molecule has 61 heavy (non-hydrogen) atoms. The van der Waals surface area contributed by atoms with Crippen molar-refractivity contribution < 1.29 is 25.9 Å². The van der Waals surface area contributed by atoms with Crippen LogP contribution in [-0.2, 0) is 33.3 Å². The van der Waals surface area contributed by atoms with E-state index < -0.39 is 20.2 Å². The van der Waals surface area contributed by atoms with Crippen LogP contribution in [0.2, 0.25) is 0 Å². The number of hydrogen-bond acceptors (Lipinski definition) is 10. The average Bonchev–Trinajstić information content (AvgIpc) is 3.76. The molecule has 2 N–H and O–H groups in total. The van der Waals surface area contributed by atoms with E-state index in [1.165, 1.54) is 102 Å². The quantitative estimate of drug-likeness (QED) is 0.0396. The van der Waals surface area contributed by atoms with Gasteiger partial charge in [0.1, 0.15) is 20.2 Å². The molecule has 2 atom stereocenters. The van der Waals surface area contributed by atoms with Gasteiger partial charge in [-0.1, -0.05) is 177 Å². The van der Waals surface area contributed by atoms with Crippen LogP contribution in [0.25, 0.3) is 0 Å². The number of para-hydroxylation sites is 2. The molecule has 328 valence electrons. The van der Waals surface area contributed by atoms with E-state index in [0.717, 1.165) is 48.2 Å². The molecule has 0 bridgehead atoms. The molecule has 10 nitrogen and oxygen atoms in total. The van der Waals surface area contributed by atoms with Crippen molar-refractivity contribution in [1.82, 2.24) is 0 Å². The number of fused-ring (bicyclic) bond motifs is 2. The summed E-state index contributed by atoms with van der Waals surface area (Å²) in [6.45, 7) is 5.60. The monoisotopic (exact) mass is 898 g/mol. The number of hydrogen-bond donors (Lipinski definition) is 2. The van der Waals surface area contributed by atoms with Crippen LogP contribution < -0.4 is 20.4 Å². The predicted octanol–water partition coefficient (Wildman–Crippen LogP) is 11.4. The maximum absolute atomic E-state index is 11.9. The van der Waals surface area contributed by atoms with Gasteiger partial charge >= 0.3 is 37.7 Å². The summed E-state index contributed by atoms with van der Waals surface area (Å²) in [6, 6.07) is 29.8. The van der Waals surface area contributed by atoms with Gasteiger partial charge in [-0.2, -0.15) is 0 Å². The zero-order chi connectivity index (χ0) is 42.8. The van der Waals surface area contributed by atoms with Crippen molar-refractivity contribution in [3.8, 4) is 0 Å². The average molecular weight is 899 g/mol. The van der Waals surface area contributed by atoms with Crippen LogP contribution >= 0.6 is 0 Å². The Kier molecular flexibility index (Phi) is 21.7. The summed E-state index contributed by atoms with van der Waals surface area (Å²) in [5.74, 6) is 0. The summed E-state index contributed by atoms with van der Waals surface area (Å²) < 4.78 is 71.4. The second-order valence-electron chi connectivity index (χ2n) is 16.3. The first-order valence-corrected chi connectivity index (χ1v) is 25.1. The first-order chi connectivity index (χ1) is 29.0. The van der Waals surface area contributed by atoms with E-state index in [0.29, 0.717) is 24.5 Å². The van der Waals surface area contributed by atoms with Crippen LogP contribution in [0.3, 0.4) is 0 Å². The largest absolute Gasteiger partial charge is 2.00 e. The van der Waals surface area contributed by atoms with Crippen LogP contribution in [0.15, 0.2) is 107 Å². The first-order valence-electron chi connectivity index (χ1n) is 22.3. The zero-order valence-corrected chi connectivity index (χ0v) is 40.2. The summed E-state index contributed by atoms with van der Waals surface area (Å²) in [5.41, 5.74) is 4.67. The fourth-order valence-corrected chi connectivity index (χ4v) is 9.86. The fraction of sp³-hybridized carbons (Fsp3) is 0.500. The molecule has 2 unspecified atom stereocenters. The minimum absolute atomic E-state index is 0. The van der Waals surface area contributed by atoms with Gasteiger partial charge in [-0.15, -0.1) is 0 Å². The van der Waals surface area contributed by atoms with Gasteiger partial charge in [0.25, 0.3) is 0 Å². The molecule has 0 saturated carbocycles. The van der Waals surface area contributed by atoms with Crippen molar-refractivity contribution in [3.05, 3.63) is 108 Å². The summed E-state index contributed by atoms with van der Waals surface area (Å²) in [5, 5.41) is 6.92. The number of nitrogens with one attached hydrogen (secondary N) is 2. The Labute approximate surface area is 396 Å². The molecule has 13 heteroatoms. The van der Waals surface area contributed by atoms with Crippen molar-refractivity contribution in [2.45, 2.75) is 165 Å². The Hall–Kier alpha value is -2.84. The molecular formula is C48H66CaN4O6S2. The van der Waals surface area contributed by atoms with Gasteiger partial charge in [0.05, 0.1) is 44.9 Å². The number of anilines is 4.